The van der Waals surface area contributed by atoms with Crippen LogP contribution >= 0.6 is 0 Å². The van der Waals surface area contributed by atoms with Gasteiger partial charge in [-0.2, -0.15) is 0 Å². The van der Waals surface area contributed by atoms with E-state index in [9.17, 15) is 0 Å². The van der Waals surface area contributed by atoms with Crippen LogP contribution < -0.4 is 17.7 Å². The number of rotatable bonds is 2. The van der Waals surface area contributed by atoms with Crippen LogP contribution in [-0.4, -0.2) is 12.1 Å². The summed E-state index contributed by atoms with van der Waals surface area (Å²) in [6.45, 7) is 0. The molecular formula is C12H24ClN. The van der Waals surface area contributed by atoms with Crippen LogP contribution in [0.25, 0.3) is 0 Å². The zero-order valence-electron chi connectivity index (χ0n) is 9.18. The molecular weight excluding hydrogens is 194 g/mol. The Balaban J connectivity index is 0.000000980. The van der Waals surface area contributed by atoms with Crippen LogP contribution in [0.1, 0.15) is 64.2 Å². The van der Waals surface area contributed by atoms with Gasteiger partial charge >= 0.3 is 0 Å². The molecule has 0 aliphatic heterocycles. The van der Waals surface area contributed by atoms with Crippen molar-refractivity contribution in [3.63, 3.8) is 0 Å². The van der Waals surface area contributed by atoms with E-state index in [1.807, 2.05) is 0 Å². The van der Waals surface area contributed by atoms with Gasteiger partial charge in [0.1, 0.15) is 0 Å². The Morgan fingerprint density at radius 1 is 0.571 bits per heavy atom. The van der Waals surface area contributed by atoms with Crippen LogP contribution in [0.5, 0.6) is 0 Å². The van der Waals surface area contributed by atoms with Gasteiger partial charge in [-0.3, -0.25) is 0 Å². The van der Waals surface area contributed by atoms with E-state index >= 15 is 0 Å². The van der Waals surface area contributed by atoms with Gasteiger partial charge in [0, 0.05) is 0 Å². The number of hydrogen-bond donors (Lipinski definition) is 1. The average molecular weight is 218 g/mol. The zero-order valence-corrected chi connectivity index (χ0v) is 9.94. The topological polar surface area (TPSA) is 16.6 Å². The molecule has 84 valence electrons. The Kier molecular flexibility index (Phi) is 5.88. The third-order valence-electron chi connectivity index (χ3n) is 3.84. The SMILES string of the molecule is C1CCC([NH2+]C2CCCCC2)CC1.[Cl-]. The van der Waals surface area contributed by atoms with Crippen LogP contribution in [0.15, 0.2) is 0 Å². The van der Waals surface area contributed by atoms with Crippen molar-refractivity contribution in [2.24, 2.45) is 0 Å². The first kappa shape index (κ1) is 12.3. The van der Waals surface area contributed by atoms with Crippen molar-refractivity contribution in [2.45, 2.75) is 76.3 Å². The van der Waals surface area contributed by atoms with E-state index < -0.39 is 0 Å². The highest BCUT2D eigenvalue weighted by Crippen LogP contribution is 2.18. The lowest BCUT2D eigenvalue weighted by molar-refractivity contribution is -0.725. The van der Waals surface area contributed by atoms with Gasteiger partial charge in [0.05, 0.1) is 12.1 Å². The summed E-state index contributed by atoms with van der Waals surface area (Å²) >= 11 is 0. The molecule has 0 bridgehead atoms. The second-order valence-corrected chi connectivity index (χ2v) is 4.99. The maximum atomic E-state index is 2.72. The normalized spacial score (nSPS) is 25.7. The molecule has 2 heteroatoms. The van der Waals surface area contributed by atoms with Gasteiger partial charge in [0.2, 0.25) is 0 Å². The quantitative estimate of drug-likeness (QED) is 0.625. The lowest BCUT2D eigenvalue weighted by Crippen LogP contribution is -3.00. The molecule has 0 radical (unpaired) electrons. The molecule has 2 aliphatic carbocycles. The lowest BCUT2D eigenvalue weighted by atomic mass is 9.91. The molecule has 0 saturated heterocycles. The summed E-state index contributed by atoms with van der Waals surface area (Å²) in [7, 11) is 0. The summed E-state index contributed by atoms with van der Waals surface area (Å²) in [5, 5.41) is 2.72. The highest BCUT2D eigenvalue weighted by atomic mass is 35.5. The molecule has 0 heterocycles. The molecule has 0 aromatic carbocycles. The van der Waals surface area contributed by atoms with Gasteiger partial charge in [-0.05, 0) is 51.4 Å². The molecule has 1 nitrogen and oxygen atoms in total. The lowest BCUT2D eigenvalue weighted by Gasteiger charge is -2.27. The summed E-state index contributed by atoms with van der Waals surface area (Å²) in [6, 6.07) is 1.99. The highest BCUT2D eigenvalue weighted by molar-refractivity contribution is 4.67. The Morgan fingerprint density at radius 2 is 0.929 bits per heavy atom. The fourth-order valence-electron chi connectivity index (χ4n) is 3.04. The predicted octanol–water partition coefficient (Wildman–Crippen LogP) is -0.781. The van der Waals surface area contributed by atoms with Crippen LogP contribution in [0.3, 0.4) is 0 Å². The molecule has 2 aliphatic rings. The minimum atomic E-state index is 0. The Bertz CT molecular complexity index is 121. The van der Waals surface area contributed by atoms with E-state index in [0.29, 0.717) is 0 Å². The van der Waals surface area contributed by atoms with Gasteiger partial charge in [0.25, 0.3) is 0 Å². The van der Waals surface area contributed by atoms with Crippen molar-refractivity contribution in [2.75, 3.05) is 0 Å². The van der Waals surface area contributed by atoms with Crippen molar-refractivity contribution >= 4 is 0 Å². The number of quaternary nitrogens is 1. The molecule has 0 spiro atoms. The second kappa shape index (κ2) is 6.68. The first-order valence-electron chi connectivity index (χ1n) is 6.30. The highest BCUT2D eigenvalue weighted by Gasteiger charge is 2.22. The van der Waals surface area contributed by atoms with Gasteiger partial charge in [-0.25, -0.2) is 0 Å². The van der Waals surface area contributed by atoms with Gasteiger partial charge < -0.3 is 17.7 Å². The van der Waals surface area contributed by atoms with Crippen molar-refractivity contribution in [1.29, 1.82) is 0 Å². The van der Waals surface area contributed by atoms with Crippen molar-refractivity contribution in [1.82, 2.24) is 0 Å². The van der Waals surface area contributed by atoms with Crippen LogP contribution in [0.4, 0.5) is 0 Å². The molecule has 0 aromatic heterocycles. The van der Waals surface area contributed by atoms with Gasteiger partial charge in [0.15, 0.2) is 0 Å². The fraction of sp³-hybridized carbons (Fsp3) is 1.00. The maximum Gasteiger partial charge on any atom is 0.0861 e. The summed E-state index contributed by atoms with van der Waals surface area (Å²) in [5.74, 6) is 0. The van der Waals surface area contributed by atoms with Gasteiger partial charge in [-0.1, -0.05) is 12.8 Å². The minimum Gasteiger partial charge on any atom is -1.00 e. The second-order valence-electron chi connectivity index (χ2n) is 4.99. The molecule has 14 heavy (non-hydrogen) atoms. The number of halogens is 1. The molecule has 2 saturated carbocycles. The van der Waals surface area contributed by atoms with E-state index in [2.05, 4.69) is 5.32 Å². The summed E-state index contributed by atoms with van der Waals surface area (Å²) < 4.78 is 0. The Labute approximate surface area is 94.4 Å². The third-order valence-corrected chi connectivity index (χ3v) is 3.84. The van der Waals surface area contributed by atoms with Crippen LogP contribution in [-0.2, 0) is 0 Å². The fourth-order valence-corrected chi connectivity index (χ4v) is 3.04. The van der Waals surface area contributed by atoms with Crippen molar-refractivity contribution in [3.05, 3.63) is 0 Å². The predicted molar refractivity (Wildman–Crippen MR) is 55.7 cm³/mol. The maximum absolute atomic E-state index is 2.72. The molecule has 2 N–H and O–H groups in total. The zero-order chi connectivity index (χ0) is 8.93. The monoisotopic (exact) mass is 217 g/mol. The largest absolute Gasteiger partial charge is 1.00 e. The van der Waals surface area contributed by atoms with E-state index in [-0.39, 0.29) is 12.4 Å². The van der Waals surface area contributed by atoms with Crippen LogP contribution in [0.2, 0.25) is 0 Å². The summed E-state index contributed by atoms with van der Waals surface area (Å²) in [4.78, 5) is 0. The number of nitrogens with two attached hydrogens (primary N) is 1. The smallest absolute Gasteiger partial charge is 0.0861 e. The molecule has 2 rings (SSSR count). The van der Waals surface area contributed by atoms with E-state index in [0.717, 1.165) is 12.1 Å². The number of hydrogen-bond acceptors (Lipinski definition) is 0. The van der Waals surface area contributed by atoms with E-state index in [4.69, 9.17) is 0 Å². The van der Waals surface area contributed by atoms with Crippen molar-refractivity contribution < 1.29 is 17.7 Å². The van der Waals surface area contributed by atoms with E-state index in [1.165, 1.54) is 64.2 Å². The molecule has 0 atom stereocenters. The summed E-state index contributed by atoms with van der Waals surface area (Å²) in [6.07, 6.45) is 15.0. The Morgan fingerprint density at radius 3 is 1.29 bits per heavy atom. The van der Waals surface area contributed by atoms with Crippen LogP contribution in [0, 0.1) is 0 Å². The van der Waals surface area contributed by atoms with E-state index in [1.54, 1.807) is 0 Å². The molecule has 2 fully saturated rings. The van der Waals surface area contributed by atoms with Crippen molar-refractivity contribution in [3.8, 4) is 0 Å². The molecule has 0 unspecified atom stereocenters. The summed E-state index contributed by atoms with van der Waals surface area (Å²) in [5.41, 5.74) is 0. The minimum absolute atomic E-state index is 0. The molecule has 0 amide bonds. The molecule has 0 aromatic rings. The standard InChI is InChI=1S/C12H23N.ClH/c1-3-7-11(8-4-1)13-12-9-5-2-6-10-12;/h11-13H,1-10H2;1H. The Hall–Kier alpha value is 0.250. The average Bonchev–Trinajstić information content (AvgIpc) is 2.21. The third kappa shape index (κ3) is 3.78. The van der Waals surface area contributed by atoms with Gasteiger partial charge in [-0.15, -0.1) is 0 Å². The first-order valence-corrected chi connectivity index (χ1v) is 6.30. The first-order chi connectivity index (χ1) is 6.45.